The zero-order valence-corrected chi connectivity index (χ0v) is 13.8. The van der Waals surface area contributed by atoms with Gasteiger partial charge < -0.3 is 15.0 Å². The zero-order valence-electron chi connectivity index (χ0n) is 12.3. The molecular weight excluding hydrogens is 324 g/mol. The molecule has 2 N–H and O–H groups in total. The van der Waals surface area contributed by atoms with Crippen molar-refractivity contribution >= 4 is 28.8 Å². The van der Waals surface area contributed by atoms with Crippen LogP contribution in [-0.2, 0) is 11.3 Å². The Hall–Kier alpha value is -1.79. The smallest absolute Gasteiger partial charge is 0.304 e. The summed E-state index contributed by atoms with van der Waals surface area (Å²) < 4.78 is 5.75. The molecule has 22 heavy (non-hydrogen) atoms. The van der Waals surface area contributed by atoms with Crippen molar-refractivity contribution in [2.75, 3.05) is 0 Å². The molecule has 0 saturated carbocycles. The fourth-order valence-electron chi connectivity index (χ4n) is 1.86. The lowest BCUT2D eigenvalue weighted by molar-refractivity contribution is -0.130. The lowest BCUT2D eigenvalue weighted by Gasteiger charge is -2.21. The maximum Gasteiger partial charge on any atom is 0.304 e. The minimum absolute atomic E-state index is 0.0134. The minimum atomic E-state index is -0.635. The molecule has 1 atom stereocenters. The van der Waals surface area contributed by atoms with Gasteiger partial charge in [-0.2, -0.15) is 0 Å². The Morgan fingerprint density at radius 3 is 2.82 bits per heavy atom. The number of aromatic amines is 1. The molecule has 0 bridgehead atoms. The van der Waals surface area contributed by atoms with E-state index in [1.165, 1.54) is 0 Å². The van der Waals surface area contributed by atoms with Crippen LogP contribution < -0.4 is 14.9 Å². The first-order valence-corrected chi connectivity index (χ1v) is 8.08. The molecule has 118 valence electrons. The van der Waals surface area contributed by atoms with E-state index in [4.69, 9.17) is 16.3 Å². The van der Waals surface area contributed by atoms with Gasteiger partial charge in [-0.15, -0.1) is 0 Å². The van der Waals surface area contributed by atoms with Crippen molar-refractivity contribution in [3.63, 3.8) is 0 Å². The molecule has 0 aliphatic heterocycles. The minimum Gasteiger partial charge on any atom is -0.480 e. The Morgan fingerprint density at radius 1 is 1.45 bits per heavy atom. The number of carbonyl (C=O) groups is 1. The Morgan fingerprint density at radius 2 is 2.23 bits per heavy atom. The van der Waals surface area contributed by atoms with Gasteiger partial charge in [0.1, 0.15) is 5.75 Å². The van der Waals surface area contributed by atoms with Gasteiger partial charge in [0, 0.05) is 16.1 Å². The van der Waals surface area contributed by atoms with Crippen molar-refractivity contribution in [3.05, 3.63) is 50.0 Å². The largest absolute Gasteiger partial charge is 0.480 e. The quantitative estimate of drug-likeness (QED) is 0.849. The number of amides is 1. The number of H-pyrrole nitrogens is 1. The molecule has 1 heterocycles. The predicted molar refractivity (Wildman–Crippen MR) is 87.5 cm³/mol. The SMILES string of the molecule is CC(C)[C@@H](Oc1cccc(Cl)c1)C(=O)NCc1csc(=O)[nH]1. The van der Waals surface area contributed by atoms with E-state index in [2.05, 4.69) is 10.3 Å². The second-order valence-electron chi connectivity index (χ2n) is 5.13. The van der Waals surface area contributed by atoms with Gasteiger partial charge in [-0.05, 0) is 24.1 Å². The van der Waals surface area contributed by atoms with Crippen LogP contribution in [0.5, 0.6) is 5.75 Å². The van der Waals surface area contributed by atoms with Gasteiger partial charge in [0.25, 0.3) is 5.91 Å². The summed E-state index contributed by atoms with van der Waals surface area (Å²) in [5, 5.41) is 5.01. The van der Waals surface area contributed by atoms with Crippen molar-refractivity contribution in [2.45, 2.75) is 26.5 Å². The Bertz CT molecular complexity index is 696. The molecular formula is C15H17ClN2O3S. The first-order chi connectivity index (χ1) is 10.5. The summed E-state index contributed by atoms with van der Waals surface area (Å²) in [6.07, 6.45) is -0.635. The molecule has 0 radical (unpaired) electrons. The van der Waals surface area contributed by atoms with Gasteiger partial charge in [-0.25, -0.2) is 0 Å². The van der Waals surface area contributed by atoms with Crippen LogP contribution in [0.3, 0.4) is 0 Å². The fourth-order valence-corrected chi connectivity index (χ4v) is 2.62. The second kappa shape index (κ2) is 7.47. The number of hydrogen-bond donors (Lipinski definition) is 2. The summed E-state index contributed by atoms with van der Waals surface area (Å²) in [6, 6.07) is 6.93. The number of aromatic nitrogens is 1. The summed E-state index contributed by atoms with van der Waals surface area (Å²) >= 11 is 6.98. The van der Waals surface area contributed by atoms with Crippen LogP contribution in [0.1, 0.15) is 19.5 Å². The van der Waals surface area contributed by atoms with E-state index < -0.39 is 6.10 Å². The van der Waals surface area contributed by atoms with Crippen LogP contribution in [-0.4, -0.2) is 17.0 Å². The van der Waals surface area contributed by atoms with Crippen molar-refractivity contribution in [2.24, 2.45) is 5.92 Å². The molecule has 1 amide bonds. The first-order valence-electron chi connectivity index (χ1n) is 6.82. The third-order valence-electron chi connectivity index (χ3n) is 2.95. The number of carbonyl (C=O) groups excluding carboxylic acids is 1. The maximum atomic E-state index is 12.3. The highest BCUT2D eigenvalue weighted by molar-refractivity contribution is 7.07. The van der Waals surface area contributed by atoms with Gasteiger partial charge in [0.15, 0.2) is 6.10 Å². The molecule has 1 aromatic heterocycles. The molecule has 2 aromatic rings. The lowest BCUT2D eigenvalue weighted by Crippen LogP contribution is -2.41. The molecule has 0 aliphatic carbocycles. The summed E-state index contributed by atoms with van der Waals surface area (Å²) in [5.74, 6) is 0.299. The molecule has 0 unspecified atom stereocenters. The van der Waals surface area contributed by atoms with Crippen LogP contribution in [0.15, 0.2) is 34.4 Å². The number of ether oxygens (including phenoxy) is 1. The highest BCUT2D eigenvalue weighted by Crippen LogP contribution is 2.20. The topological polar surface area (TPSA) is 71.2 Å². The van der Waals surface area contributed by atoms with Crippen LogP contribution in [0.4, 0.5) is 0 Å². The summed E-state index contributed by atoms with van der Waals surface area (Å²) in [7, 11) is 0. The van der Waals surface area contributed by atoms with Gasteiger partial charge in [0.05, 0.1) is 6.54 Å². The first kappa shape index (κ1) is 16.6. The maximum absolute atomic E-state index is 12.3. The Labute approximate surface area is 137 Å². The number of nitrogens with one attached hydrogen (secondary N) is 2. The molecule has 2 rings (SSSR count). The van der Waals surface area contributed by atoms with Crippen LogP contribution >= 0.6 is 22.9 Å². The molecule has 0 saturated heterocycles. The Kier molecular flexibility index (Phi) is 5.63. The van der Waals surface area contributed by atoms with Gasteiger partial charge in [-0.3, -0.25) is 9.59 Å². The number of rotatable bonds is 6. The zero-order chi connectivity index (χ0) is 16.1. The highest BCUT2D eigenvalue weighted by atomic mass is 35.5. The fraction of sp³-hybridized carbons (Fsp3) is 0.333. The summed E-state index contributed by atoms with van der Waals surface area (Å²) in [6.45, 7) is 4.07. The number of halogens is 1. The van der Waals surface area contributed by atoms with E-state index >= 15 is 0 Å². The van der Waals surface area contributed by atoms with Crippen LogP contribution in [0, 0.1) is 5.92 Å². The third-order valence-corrected chi connectivity index (χ3v) is 3.90. The second-order valence-corrected chi connectivity index (χ2v) is 6.41. The molecule has 1 aromatic carbocycles. The average molecular weight is 341 g/mol. The number of hydrogen-bond acceptors (Lipinski definition) is 4. The molecule has 5 nitrogen and oxygen atoms in total. The van der Waals surface area contributed by atoms with Gasteiger partial charge in [0.2, 0.25) is 0 Å². The van der Waals surface area contributed by atoms with Gasteiger partial charge in [-0.1, -0.05) is 42.9 Å². The van der Waals surface area contributed by atoms with E-state index in [0.717, 1.165) is 11.3 Å². The average Bonchev–Trinajstić information content (AvgIpc) is 2.88. The molecule has 7 heteroatoms. The van der Waals surface area contributed by atoms with E-state index in [1.54, 1.807) is 29.6 Å². The summed E-state index contributed by atoms with van der Waals surface area (Å²) in [4.78, 5) is 25.9. The van der Waals surface area contributed by atoms with E-state index in [-0.39, 0.29) is 23.2 Å². The lowest BCUT2D eigenvalue weighted by atomic mass is 10.1. The molecule has 0 spiro atoms. The van der Waals surface area contributed by atoms with E-state index in [9.17, 15) is 9.59 Å². The van der Waals surface area contributed by atoms with Crippen molar-refractivity contribution in [3.8, 4) is 5.75 Å². The normalized spacial score (nSPS) is 12.2. The van der Waals surface area contributed by atoms with Crippen molar-refractivity contribution < 1.29 is 9.53 Å². The predicted octanol–water partition coefficient (Wildman–Crippen LogP) is 2.81. The Balaban J connectivity index is 2.00. The highest BCUT2D eigenvalue weighted by Gasteiger charge is 2.24. The van der Waals surface area contributed by atoms with Crippen LogP contribution in [0.25, 0.3) is 0 Å². The van der Waals surface area contributed by atoms with Gasteiger partial charge >= 0.3 is 4.87 Å². The number of benzene rings is 1. The third kappa shape index (κ3) is 4.61. The van der Waals surface area contributed by atoms with E-state index in [1.807, 2.05) is 13.8 Å². The standard InChI is InChI=1S/C15H17ClN2O3S/c1-9(2)13(21-12-5-3-4-10(16)6-12)14(19)17-7-11-8-22-15(20)18-11/h3-6,8-9,13H,7H2,1-2H3,(H,17,19)(H,18,20)/t13-/m1/s1. The van der Waals surface area contributed by atoms with E-state index in [0.29, 0.717) is 16.5 Å². The molecule has 0 fully saturated rings. The molecule has 0 aliphatic rings. The number of thiazole rings is 1. The van der Waals surface area contributed by atoms with Crippen molar-refractivity contribution in [1.29, 1.82) is 0 Å². The van der Waals surface area contributed by atoms with Crippen LogP contribution in [0.2, 0.25) is 5.02 Å². The summed E-state index contributed by atoms with van der Waals surface area (Å²) in [5.41, 5.74) is 0.675. The van der Waals surface area contributed by atoms with Crippen molar-refractivity contribution in [1.82, 2.24) is 10.3 Å². The monoisotopic (exact) mass is 340 g/mol.